The Morgan fingerprint density at radius 2 is 2.20 bits per heavy atom. The molecule has 1 aromatic heterocycles. The highest BCUT2D eigenvalue weighted by Gasteiger charge is 2.11. The Labute approximate surface area is 119 Å². The van der Waals surface area contributed by atoms with Crippen LogP contribution in [0.1, 0.15) is 16.1 Å². The quantitative estimate of drug-likeness (QED) is 0.892. The van der Waals surface area contributed by atoms with Crippen LogP contribution >= 0.6 is 11.6 Å². The minimum Gasteiger partial charge on any atom is -0.476 e. The van der Waals surface area contributed by atoms with Crippen LogP contribution in [0.4, 0.5) is 5.69 Å². The van der Waals surface area contributed by atoms with E-state index in [4.69, 9.17) is 16.7 Å². The number of hydrogen-bond acceptors (Lipinski definition) is 4. The molecule has 0 aliphatic heterocycles. The van der Waals surface area contributed by atoms with E-state index >= 15 is 0 Å². The summed E-state index contributed by atoms with van der Waals surface area (Å²) in [5.74, 6) is -1.54. The zero-order valence-corrected chi connectivity index (χ0v) is 11.3. The Kier molecular flexibility index (Phi) is 3.99. The van der Waals surface area contributed by atoms with Crippen LogP contribution < -0.4 is 5.32 Å². The van der Waals surface area contributed by atoms with E-state index in [1.807, 2.05) is 6.92 Å². The summed E-state index contributed by atoms with van der Waals surface area (Å²) in [5, 5.41) is 18.9. The van der Waals surface area contributed by atoms with Gasteiger partial charge in [0, 0.05) is 10.7 Å². The number of anilines is 1. The van der Waals surface area contributed by atoms with Gasteiger partial charge in [-0.25, -0.2) is 9.48 Å². The molecule has 0 aliphatic rings. The number of halogens is 1. The number of carbonyl (C=O) groups excluding carboxylic acids is 1. The smallest absolute Gasteiger partial charge is 0.358 e. The first-order chi connectivity index (χ1) is 9.45. The SMILES string of the molecule is Cc1ccc(Cl)cc1NC(=O)Cn1cc(C(=O)O)nn1. The topological polar surface area (TPSA) is 97.1 Å². The van der Waals surface area contributed by atoms with Crippen molar-refractivity contribution in [2.45, 2.75) is 13.5 Å². The van der Waals surface area contributed by atoms with Crippen molar-refractivity contribution in [2.75, 3.05) is 5.32 Å². The first-order valence-corrected chi connectivity index (χ1v) is 6.03. The molecule has 1 aromatic carbocycles. The Morgan fingerprint density at radius 1 is 1.45 bits per heavy atom. The highest BCUT2D eigenvalue weighted by molar-refractivity contribution is 6.31. The summed E-state index contributed by atoms with van der Waals surface area (Å²) in [5.41, 5.74) is 1.25. The van der Waals surface area contributed by atoms with Gasteiger partial charge in [-0.2, -0.15) is 0 Å². The number of aromatic nitrogens is 3. The van der Waals surface area contributed by atoms with Crippen molar-refractivity contribution >= 4 is 29.2 Å². The highest BCUT2D eigenvalue weighted by Crippen LogP contribution is 2.20. The standard InChI is InChI=1S/C12H11ClN4O3/c1-7-2-3-8(13)4-9(7)14-11(18)6-17-5-10(12(19)20)15-16-17/h2-5H,6H2,1H3,(H,14,18)(H,19,20). The molecule has 0 saturated carbocycles. The van der Waals surface area contributed by atoms with Crippen LogP contribution in [0.15, 0.2) is 24.4 Å². The molecule has 0 unspecified atom stereocenters. The molecule has 1 heterocycles. The Hall–Kier alpha value is -2.41. The molecule has 0 radical (unpaired) electrons. The fourth-order valence-corrected chi connectivity index (χ4v) is 1.71. The summed E-state index contributed by atoms with van der Waals surface area (Å²) in [6.45, 7) is 1.70. The maximum atomic E-state index is 11.8. The molecule has 0 bridgehead atoms. The summed E-state index contributed by atoms with van der Waals surface area (Å²) >= 11 is 5.85. The lowest BCUT2D eigenvalue weighted by atomic mass is 10.2. The van der Waals surface area contributed by atoms with Gasteiger partial charge in [0.05, 0.1) is 6.20 Å². The van der Waals surface area contributed by atoms with Crippen LogP contribution in [0.5, 0.6) is 0 Å². The average Bonchev–Trinajstić information content (AvgIpc) is 2.82. The maximum Gasteiger partial charge on any atom is 0.358 e. The van der Waals surface area contributed by atoms with Crippen LogP contribution in [0, 0.1) is 6.92 Å². The molecule has 2 aromatic rings. The van der Waals surface area contributed by atoms with Gasteiger partial charge in [-0.15, -0.1) is 5.10 Å². The number of nitrogens with one attached hydrogen (secondary N) is 1. The number of aryl methyl sites for hydroxylation is 1. The maximum absolute atomic E-state index is 11.8. The number of hydrogen-bond donors (Lipinski definition) is 2. The first kappa shape index (κ1) is 14.0. The second kappa shape index (κ2) is 5.70. The second-order valence-electron chi connectivity index (χ2n) is 4.11. The highest BCUT2D eigenvalue weighted by atomic mass is 35.5. The lowest BCUT2D eigenvalue weighted by molar-refractivity contribution is -0.116. The summed E-state index contributed by atoms with van der Waals surface area (Å²) in [7, 11) is 0. The van der Waals surface area contributed by atoms with Crippen molar-refractivity contribution in [2.24, 2.45) is 0 Å². The molecule has 8 heteroatoms. The monoisotopic (exact) mass is 294 g/mol. The number of carboxylic acids is 1. The van der Waals surface area contributed by atoms with Gasteiger partial charge in [0.1, 0.15) is 6.54 Å². The van der Waals surface area contributed by atoms with Crippen molar-refractivity contribution in [3.8, 4) is 0 Å². The third-order valence-electron chi connectivity index (χ3n) is 2.54. The van der Waals surface area contributed by atoms with Gasteiger partial charge in [-0.05, 0) is 24.6 Å². The van der Waals surface area contributed by atoms with E-state index in [9.17, 15) is 9.59 Å². The van der Waals surface area contributed by atoms with E-state index < -0.39 is 5.97 Å². The molecule has 1 amide bonds. The molecular weight excluding hydrogens is 284 g/mol. The number of amides is 1. The Balaban J connectivity index is 2.05. The number of rotatable bonds is 4. The zero-order valence-electron chi connectivity index (χ0n) is 10.5. The second-order valence-corrected chi connectivity index (χ2v) is 4.55. The summed E-state index contributed by atoms with van der Waals surface area (Å²) < 4.78 is 1.15. The Bertz CT molecular complexity index is 668. The van der Waals surface area contributed by atoms with Gasteiger partial charge in [0.2, 0.25) is 5.91 Å². The van der Waals surface area contributed by atoms with Gasteiger partial charge in [-0.3, -0.25) is 4.79 Å². The summed E-state index contributed by atoms with van der Waals surface area (Å²) in [4.78, 5) is 22.5. The van der Waals surface area contributed by atoms with Gasteiger partial charge < -0.3 is 10.4 Å². The first-order valence-electron chi connectivity index (χ1n) is 5.65. The summed E-state index contributed by atoms with van der Waals surface area (Å²) in [6, 6.07) is 5.15. The van der Waals surface area contributed by atoms with Crippen molar-refractivity contribution in [1.82, 2.24) is 15.0 Å². The normalized spacial score (nSPS) is 10.3. The molecule has 0 aliphatic carbocycles. The lowest BCUT2D eigenvalue weighted by Gasteiger charge is -2.08. The molecule has 2 rings (SSSR count). The predicted octanol–water partition coefficient (Wildman–Crippen LogP) is 1.58. The fraction of sp³-hybridized carbons (Fsp3) is 0.167. The van der Waals surface area contributed by atoms with Crippen LogP contribution in [0.25, 0.3) is 0 Å². The van der Waals surface area contributed by atoms with Crippen molar-refractivity contribution < 1.29 is 14.7 Å². The largest absolute Gasteiger partial charge is 0.476 e. The fourth-order valence-electron chi connectivity index (χ4n) is 1.54. The lowest BCUT2D eigenvalue weighted by Crippen LogP contribution is -2.19. The van der Waals surface area contributed by atoms with Crippen LogP contribution in [-0.4, -0.2) is 32.0 Å². The van der Waals surface area contributed by atoms with E-state index in [1.54, 1.807) is 18.2 Å². The molecule has 7 nitrogen and oxygen atoms in total. The van der Waals surface area contributed by atoms with Crippen molar-refractivity contribution in [3.63, 3.8) is 0 Å². The van der Waals surface area contributed by atoms with E-state index in [0.717, 1.165) is 10.2 Å². The molecule has 2 N–H and O–H groups in total. The van der Waals surface area contributed by atoms with Crippen molar-refractivity contribution in [3.05, 3.63) is 40.7 Å². The third kappa shape index (κ3) is 3.33. The molecule has 0 spiro atoms. The van der Waals surface area contributed by atoms with Crippen LogP contribution in [0.3, 0.4) is 0 Å². The van der Waals surface area contributed by atoms with E-state index in [1.165, 1.54) is 6.20 Å². The van der Waals surface area contributed by atoms with Gasteiger partial charge >= 0.3 is 5.97 Å². The van der Waals surface area contributed by atoms with Crippen LogP contribution in [-0.2, 0) is 11.3 Å². The third-order valence-corrected chi connectivity index (χ3v) is 2.77. The average molecular weight is 295 g/mol. The zero-order chi connectivity index (χ0) is 14.7. The van der Waals surface area contributed by atoms with Crippen molar-refractivity contribution in [1.29, 1.82) is 0 Å². The molecule has 20 heavy (non-hydrogen) atoms. The molecular formula is C12H11ClN4O3. The predicted molar refractivity (Wildman–Crippen MR) is 71.8 cm³/mol. The molecule has 0 fully saturated rings. The number of aromatic carboxylic acids is 1. The Morgan fingerprint density at radius 3 is 2.85 bits per heavy atom. The number of nitrogens with zero attached hydrogens (tertiary/aromatic N) is 3. The van der Waals surface area contributed by atoms with Gasteiger partial charge in [-0.1, -0.05) is 22.9 Å². The number of carboxylic acid groups (broad SMARTS) is 1. The summed E-state index contributed by atoms with van der Waals surface area (Å²) in [6.07, 6.45) is 1.19. The minimum atomic E-state index is -1.19. The molecule has 104 valence electrons. The van der Waals surface area contributed by atoms with Gasteiger partial charge in [0.25, 0.3) is 0 Å². The van der Waals surface area contributed by atoms with Crippen LogP contribution in [0.2, 0.25) is 5.02 Å². The van der Waals surface area contributed by atoms with E-state index in [-0.39, 0.29) is 18.1 Å². The molecule has 0 saturated heterocycles. The number of benzene rings is 1. The molecule has 0 atom stereocenters. The van der Waals surface area contributed by atoms with E-state index in [0.29, 0.717) is 10.7 Å². The minimum absolute atomic E-state index is 0.133. The van der Waals surface area contributed by atoms with E-state index in [2.05, 4.69) is 15.6 Å². The van der Waals surface area contributed by atoms with Gasteiger partial charge in [0.15, 0.2) is 5.69 Å². The number of carbonyl (C=O) groups is 2.